The van der Waals surface area contributed by atoms with Crippen LogP contribution in [0.3, 0.4) is 0 Å². The van der Waals surface area contributed by atoms with Crippen molar-refractivity contribution in [2.75, 3.05) is 32.8 Å². The minimum atomic E-state index is -3.80. The molecule has 0 aliphatic carbocycles. The Morgan fingerprint density at radius 3 is 2.29 bits per heavy atom. The summed E-state index contributed by atoms with van der Waals surface area (Å²) in [6.45, 7) is -0.657. The van der Waals surface area contributed by atoms with Crippen molar-refractivity contribution in [3.8, 4) is 0 Å². The van der Waals surface area contributed by atoms with E-state index in [9.17, 15) is 22.0 Å². The Morgan fingerprint density at radius 1 is 1.14 bits per heavy atom. The molecule has 0 radical (unpaired) electrons. The maximum Gasteiger partial charge on any atom is 0.290 e. The van der Waals surface area contributed by atoms with E-state index >= 15 is 0 Å². The van der Waals surface area contributed by atoms with Crippen LogP contribution >= 0.6 is 0 Å². The van der Waals surface area contributed by atoms with Gasteiger partial charge in [-0.2, -0.15) is 0 Å². The number of hydrogen-bond donors (Lipinski definition) is 2. The number of aliphatic hydroxyl groups excluding tert-OH is 1. The molecule has 1 aromatic rings. The molecule has 0 bridgehead atoms. The van der Waals surface area contributed by atoms with E-state index in [-0.39, 0.29) is 13.1 Å². The standard InChI is InChI=1S/C13H15F5N2O/c14-8-1-2-9(15)11(16)10(8)12(13(17,18)7-21)20-5-3-19-4-6-20/h1-2,12,19,21H,3-7H2/t12-/m1/s1. The quantitative estimate of drug-likeness (QED) is 0.656. The van der Waals surface area contributed by atoms with Gasteiger partial charge in [0.2, 0.25) is 0 Å². The lowest BCUT2D eigenvalue weighted by Gasteiger charge is -2.38. The molecule has 1 atom stereocenters. The molecule has 1 aromatic carbocycles. The molecule has 0 unspecified atom stereocenters. The largest absolute Gasteiger partial charge is 0.390 e. The highest BCUT2D eigenvalue weighted by atomic mass is 19.3. The lowest BCUT2D eigenvalue weighted by atomic mass is 9.97. The molecular formula is C13H15F5N2O. The lowest BCUT2D eigenvalue weighted by molar-refractivity contribution is -0.120. The summed E-state index contributed by atoms with van der Waals surface area (Å²) < 4.78 is 69.0. The van der Waals surface area contributed by atoms with Crippen LogP contribution in [0.2, 0.25) is 0 Å². The normalized spacial score (nSPS) is 18.8. The molecule has 3 nitrogen and oxygen atoms in total. The van der Waals surface area contributed by atoms with E-state index < -0.39 is 41.6 Å². The molecule has 0 amide bonds. The van der Waals surface area contributed by atoms with E-state index in [2.05, 4.69) is 5.32 Å². The highest BCUT2D eigenvalue weighted by Gasteiger charge is 2.47. The third kappa shape index (κ3) is 3.17. The van der Waals surface area contributed by atoms with Gasteiger partial charge in [-0.25, -0.2) is 22.0 Å². The van der Waals surface area contributed by atoms with Crippen LogP contribution in [-0.2, 0) is 0 Å². The average molecular weight is 310 g/mol. The molecule has 2 rings (SSSR count). The molecule has 0 saturated carbocycles. The van der Waals surface area contributed by atoms with Crippen molar-refractivity contribution in [1.29, 1.82) is 0 Å². The number of benzene rings is 1. The molecule has 0 spiro atoms. The zero-order valence-corrected chi connectivity index (χ0v) is 11.1. The van der Waals surface area contributed by atoms with Gasteiger partial charge in [0.25, 0.3) is 5.92 Å². The van der Waals surface area contributed by atoms with Crippen LogP contribution in [0.25, 0.3) is 0 Å². The van der Waals surface area contributed by atoms with Gasteiger partial charge in [0.05, 0.1) is 0 Å². The van der Waals surface area contributed by atoms with Crippen molar-refractivity contribution in [2.45, 2.75) is 12.0 Å². The fraction of sp³-hybridized carbons (Fsp3) is 0.538. The highest BCUT2D eigenvalue weighted by Crippen LogP contribution is 2.39. The summed E-state index contributed by atoms with van der Waals surface area (Å²) in [6.07, 6.45) is 0. The Balaban J connectivity index is 2.52. The Kier molecular flexibility index (Phi) is 4.80. The zero-order valence-electron chi connectivity index (χ0n) is 11.1. The fourth-order valence-corrected chi connectivity index (χ4v) is 2.48. The molecule has 1 saturated heterocycles. The first-order valence-corrected chi connectivity index (χ1v) is 6.45. The molecule has 8 heteroatoms. The highest BCUT2D eigenvalue weighted by molar-refractivity contribution is 5.27. The SMILES string of the molecule is OCC(F)(F)[C@@H](c1c(F)ccc(F)c1F)N1CCNCC1. The van der Waals surface area contributed by atoms with Gasteiger partial charge >= 0.3 is 0 Å². The Morgan fingerprint density at radius 2 is 1.71 bits per heavy atom. The number of rotatable bonds is 4. The first kappa shape index (κ1) is 16.1. The number of alkyl halides is 2. The average Bonchev–Trinajstić information content (AvgIpc) is 2.48. The Bertz CT molecular complexity index is 506. The minimum absolute atomic E-state index is 0.107. The second-order valence-electron chi connectivity index (χ2n) is 4.86. The summed E-state index contributed by atoms with van der Waals surface area (Å²) in [4.78, 5) is 1.15. The zero-order chi connectivity index (χ0) is 15.6. The molecule has 0 aromatic heterocycles. The predicted molar refractivity (Wildman–Crippen MR) is 65.5 cm³/mol. The lowest BCUT2D eigenvalue weighted by Crippen LogP contribution is -2.51. The number of halogens is 5. The van der Waals surface area contributed by atoms with Crippen LogP contribution in [0.5, 0.6) is 0 Å². The fourth-order valence-electron chi connectivity index (χ4n) is 2.48. The summed E-state index contributed by atoms with van der Waals surface area (Å²) in [5.74, 6) is -8.11. The van der Waals surface area contributed by atoms with Crippen LogP contribution in [0, 0.1) is 17.5 Å². The first-order valence-electron chi connectivity index (χ1n) is 6.45. The van der Waals surface area contributed by atoms with Gasteiger partial charge in [-0.05, 0) is 12.1 Å². The Hall–Kier alpha value is -1.25. The van der Waals surface area contributed by atoms with E-state index in [0.717, 1.165) is 4.90 Å². The van der Waals surface area contributed by atoms with Gasteiger partial charge in [-0.3, -0.25) is 4.90 Å². The molecule has 118 valence electrons. The van der Waals surface area contributed by atoms with Crippen molar-refractivity contribution < 1.29 is 27.1 Å². The summed E-state index contributed by atoms with van der Waals surface area (Å²) in [5, 5.41) is 11.8. The van der Waals surface area contributed by atoms with Gasteiger partial charge in [-0.1, -0.05) is 0 Å². The van der Waals surface area contributed by atoms with E-state index in [1.165, 1.54) is 0 Å². The Labute approximate surface area is 118 Å². The van der Waals surface area contributed by atoms with Gasteiger partial charge in [0.15, 0.2) is 11.6 Å². The van der Waals surface area contributed by atoms with Crippen molar-refractivity contribution >= 4 is 0 Å². The third-order valence-corrected chi connectivity index (χ3v) is 3.48. The number of piperazine rings is 1. The number of hydrogen-bond acceptors (Lipinski definition) is 3. The van der Waals surface area contributed by atoms with Crippen molar-refractivity contribution in [3.63, 3.8) is 0 Å². The molecule has 21 heavy (non-hydrogen) atoms. The molecule has 1 aliphatic rings. The van der Waals surface area contributed by atoms with Crippen molar-refractivity contribution in [2.24, 2.45) is 0 Å². The molecule has 1 fully saturated rings. The van der Waals surface area contributed by atoms with Crippen molar-refractivity contribution in [3.05, 3.63) is 35.1 Å². The smallest absolute Gasteiger partial charge is 0.290 e. The second-order valence-corrected chi connectivity index (χ2v) is 4.86. The summed E-state index contributed by atoms with van der Waals surface area (Å²) in [7, 11) is 0. The topological polar surface area (TPSA) is 35.5 Å². The number of nitrogens with one attached hydrogen (secondary N) is 1. The molecule has 2 N–H and O–H groups in total. The molecular weight excluding hydrogens is 295 g/mol. The predicted octanol–water partition coefficient (Wildman–Crippen LogP) is 1.68. The number of nitrogens with zero attached hydrogens (tertiary/aromatic N) is 1. The maximum absolute atomic E-state index is 14.0. The van der Waals surface area contributed by atoms with Crippen LogP contribution < -0.4 is 5.32 Å². The molecule has 1 heterocycles. The third-order valence-electron chi connectivity index (χ3n) is 3.48. The van der Waals surface area contributed by atoms with Crippen LogP contribution in [0.1, 0.15) is 11.6 Å². The van der Waals surface area contributed by atoms with E-state index in [4.69, 9.17) is 5.11 Å². The van der Waals surface area contributed by atoms with Gasteiger partial charge < -0.3 is 10.4 Å². The van der Waals surface area contributed by atoms with E-state index in [1.807, 2.05) is 0 Å². The first-order chi connectivity index (χ1) is 9.88. The van der Waals surface area contributed by atoms with E-state index in [0.29, 0.717) is 25.2 Å². The summed E-state index contributed by atoms with van der Waals surface area (Å²) in [5.41, 5.74) is -1.05. The van der Waals surface area contributed by atoms with Gasteiger partial charge in [-0.15, -0.1) is 0 Å². The van der Waals surface area contributed by atoms with E-state index in [1.54, 1.807) is 0 Å². The second kappa shape index (κ2) is 6.25. The van der Waals surface area contributed by atoms with Crippen LogP contribution in [0.4, 0.5) is 22.0 Å². The summed E-state index contributed by atoms with van der Waals surface area (Å²) >= 11 is 0. The maximum atomic E-state index is 14.0. The summed E-state index contributed by atoms with van der Waals surface area (Å²) in [6, 6.07) is -0.906. The van der Waals surface area contributed by atoms with Gasteiger partial charge in [0, 0.05) is 31.7 Å². The number of aliphatic hydroxyl groups is 1. The minimum Gasteiger partial charge on any atom is -0.390 e. The van der Waals surface area contributed by atoms with Crippen LogP contribution in [-0.4, -0.2) is 48.7 Å². The van der Waals surface area contributed by atoms with Gasteiger partial charge in [0.1, 0.15) is 18.5 Å². The van der Waals surface area contributed by atoms with Crippen LogP contribution in [0.15, 0.2) is 12.1 Å². The van der Waals surface area contributed by atoms with Crippen molar-refractivity contribution in [1.82, 2.24) is 10.2 Å². The monoisotopic (exact) mass is 310 g/mol. The molecule has 1 aliphatic heterocycles.